The molecule has 2 N–H and O–H groups in total. The van der Waals surface area contributed by atoms with Crippen molar-refractivity contribution in [2.45, 2.75) is 17.5 Å². The average molecular weight is 482 g/mol. The molecule has 1 atom stereocenters. The van der Waals surface area contributed by atoms with Gasteiger partial charge in [-0.3, -0.25) is 4.98 Å². The summed E-state index contributed by atoms with van der Waals surface area (Å²) in [5.74, 6) is -0.630. The second-order valence-electron chi connectivity index (χ2n) is 6.83. The first-order valence-corrected chi connectivity index (χ1v) is 11.2. The van der Waals surface area contributed by atoms with Gasteiger partial charge in [-0.15, -0.1) is 12.4 Å². The molecule has 162 valence electrons. The van der Waals surface area contributed by atoms with Gasteiger partial charge in [-0.05, 0) is 42.5 Å². The summed E-state index contributed by atoms with van der Waals surface area (Å²) in [5, 5.41) is 5.65. The molecule has 1 aromatic carbocycles. The van der Waals surface area contributed by atoms with Crippen molar-refractivity contribution < 1.29 is 12.8 Å². The zero-order valence-electron chi connectivity index (χ0n) is 16.2. The summed E-state index contributed by atoms with van der Waals surface area (Å²) < 4.78 is 39.5. The minimum atomic E-state index is -3.57. The van der Waals surface area contributed by atoms with Crippen LogP contribution in [0.2, 0.25) is 5.02 Å². The van der Waals surface area contributed by atoms with E-state index in [1.165, 1.54) is 0 Å². The molecule has 0 unspecified atom stereocenters. The predicted octanol–water partition coefficient (Wildman–Crippen LogP) is 3.68. The van der Waals surface area contributed by atoms with Gasteiger partial charge in [0.1, 0.15) is 5.82 Å². The molecule has 3 aromatic heterocycles. The van der Waals surface area contributed by atoms with Crippen LogP contribution in [0.5, 0.6) is 0 Å². The van der Waals surface area contributed by atoms with E-state index in [2.05, 4.69) is 15.1 Å². The summed E-state index contributed by atoms with van der Waals surface area (Å²) in [4.78, 5) is 8.33. The van der Waals surface area contributed by atoms with E-state index in [-0.39, 0.29) is 29.5 Å². The Balaban J connectivity index is 0.00000272. The smallest absolute Gasteiger partial charge is 0.192 e. The van der Waals surface area contributed by atoms with Crippen molar-refractivity contribution in [2.24, 2.45) is 5.73 Å². The fourth-order valence-electron chi connectivity index (χ4n) is 3.19. The highest BCUT2D eigenvalue weighted by atomic mass is 35.5. The number of hydrogen-bond donors (Lipinski definition) is 1. The summed E-state index contributed by atoms with van der Waals surface area (Å²) in [7, 11) is -3.57. The quantitative estimate of drug-likeness (QED) is 0.466. The van der Waals surface area contributed by atoms with Crippen LogP contribution in [0.4, 0.5) is 4.39 Å². The fourth-order valence-corrected chi connectivity index (χ4v) is 3.96. The van der Waals surface area contributed by atoms with Crippen molar-refractivity contribution in [3.05, 3.63) is 77.1 Å². The maximum absolute atomic E-state index is 14.3. The standard InChI is InChI=1S/C20H17ClFN5O2S.ClH/c1-30(28,29)19-7-5-14(22)16(26-19)10-15(23)20-18(3-2-8-24-20)27-17-6-4-13(21)9-12(17)11-25-27;/h2-9,11,15H,10,23H2,1H3;1H/t15-;/m0./s1. The van der Waals surface area contributed by atoms with Crippen molar-refractivity contribution in [1.29, 1.82) is 0 Å². The van der Waals surface area contributed by atoms with Gasteiger partial charge >= 0.3 is 0 Å². The molecule has 0 radical (unpaired) electrons. The Bertz CT molecular complexity index is 1360. The third kappa shape index (κ3) is 4.69. The molecule has 0 aliphatic heterocycles. The SMILES string of the molecule is CS(=O)(=O)c1ccc(F)c(C[C@H](N)c2ncccc2-n2ncc3cc(Cl)ccc32)n1.Cl. The van der Waals surface area contributed by atoms with Gasteiger partial charge in [0.2, 0.25) is 0 Å². The van der Waals surface area contributed by atoms with E-state index < -0.39 is 21.7 Å². The number of benzene rings is 1. The van der Waals surface area contributed by atoms with Crippen molar-refractivity contribution in [2.75, 3.05) is 6.26 Å². The van der Waals surface area contributed by atoms with Gasteiger partial charge in [0.15, 0.2) is 14.9 Å². The molecule has 4 rings (SSSR count). The zero-order valence-corrected chi connectivity index (χ0v) is 18.6. The summed E-state index contributed by atoms with van der Waals surface area (Å²) in [5.41, 5.74) is 8.22. The summed E-state index contributed by atoms with van der Waals surface area (Å²) in [6, 6.07) is 10.4. The van der Waals surface area contributed by atoms with Crippen LogP contribution < -0.4 is 5.73 Å². The molecule has 0 aliphatic carbocycles. The summed E-state index contributed by atoms with van der Waals surface area (Å²) in [6.45, 7) is 0. The average Bonchev–Trinajstić information content (AvgIpc) is 3.11. The Morgan fingerprint density at radius 1 is 1.23 bits per heavy atom. The number of pyridine rings is 2. The highest BCUT2D eigenvalue weighted by Crippen LogP contribution is 2.26. The van der Waals surface area contributed by atoms with E-state index in [0.717, 1.165) is 29.3 Å². The van der Waals surface area contributed by atoms with E-state index in [4.69, 9.17) is 17.3 Å². The van der Waals surface area contributed by atoms with Gasteiger partial charge in [-0.2, -0.15) is 5.10 Å². The molecule has 0 aliphatic rings. The lowest BCUT2D eigenvalue weighted by Gasteiger charge is -2.16. The third-order valence-corrected chi connectivity index (χ3v) is 5.83. The van der Waals surface area contributed by atoms with E-state index in [1.54, 1.807) is 41.3 Å². The molecule has 0 spiro atoms. The zero-order chi connectivity index (χ0) is 21.5. The predicted molar refractivity (Wildman–Crippen MR) is 119 cm³/mol. The number of fused-ring (bicyclic) bond motifs is 1. The van der Waals surface area contributed by atoms with Crippen molar-refractivity contribution in [1.82, 2.24) is 19.7 Å². The maximum Gasteiger partial charge on any atom is 0.192 e. The molecular weight excluding hydrogens is 464 g/mol. The lowest BCUT2D eigenvalue weighted by Crippen LogP contribution is -2.20. The molecule has 0 bridgehead atoms. The molecular formula is C20H18Cl2FN5O2S. The molecule has 0 saturated carbocycles. The maximum atomic E-state index is 14.3. The van der Waals surface area contributed by atoms with Crippen LogP contribution in [-0.4, -0.2) is 34.4 Å². The van der Waals surface area contributed by atoms with E-state index in [1.807, 2.05) is 6.07 Å². The first-order valence-electron chi connectivity index (χ1n) is 8.93. The monoisotopic (exact) mass is 481 g/mol. The van der Waals surface area contributed by atoms with E-state index in [9.17, 15) is 12.8 Å². The van der Waals surface area contributed by atoms with Gasteiger partial charge in [-0.1, -0.05) is 11.6 Å². The van der Waals surface area contributed by atoms with Gasteiger partial charge in [-0.25, -0.2) is 22.5 Å². The Morgan fingerprint density at radius 2 is 2.00 bits per heavy atom. The first-order chi connectivity index (χ1) is 14.2. The van der Waals surface area contributed by atoms with Crippen LogP contribution >= 0.6 is 24.0 Å². The molecule has 11 heteroatoms. The lowest BCUT2D eigenvalue weighted by molar-refractivity contribution is 0.563. The summed E-state index contributed by atoms with van der Waals surface area (Å²) in [6.07, 6.45) is 4.24. The first kappa shape index (κ1) is 23.1. The molecule has 31 heavy (non-hydrogen) atoms. The molecule has 0 amide bonds. The number of nitrogens with zero attached hydrogens (tertiary/aromatic N) is 4. The molecule has 3 heterocycles. The molecule has 0 saturated heterocycles. The molecule has 7 nitrogen and oxygen atoms in total. The van der Waals surface area contributed by atoms with Crippen molar-refractivity contribution in [3.8, 4) is 5.69 Å². The normalized spacial score (nSPS) is 12.5. The molecule has 4 aromatic rings. The topological polar surface area (TPSA) is 104 Å². The number of aromatic nitrogens is 4. The fraction of sp³-hybridized carbons (Fsp3) is 0.150. The van der Waals surface area contributed by atoms with Crippen LogP contribution in [0.15, 0.2) is 59.9 Å². The number of rotatable bonds is 5. The van der Waals surface area contributed by atoms with Crippen LogP contribution in [0.3, 0.4) is 0 Å². The van der Waals surface area contributed by atoms with Crippen molar-refractivity contribution >= 4 is 44.7 Å². The van der Waals surface area contributed by atoms with Gasteiger partial charge < -0.3 is 5.73 Å². The molecule has 0 fully saturated rings. The minimum absolute atomic E-state index is 0. The van der Waals surface area contributed by atoms with Crippen LogP contribution in [-0.2, 0) is 16.3 Å². The highest BCUT2D eigenvalue weighted by molar-refractivity contribution is 7.90. The summed E-state index contributed by atoms with van der Waals surface area (Å²) >= 11 is 6.05. The second kappa shape index (κ2) is 8.88. The third-order valence-electron chi connectivity index (χ3n) is 4.61. The largest absolute Gasteiger partial charge is 0.322 e. The van der Waals surface area contributed by atoms with Crippen molar-refractivity contribution in [3.63, 3.8) is 0 Å². The van der Waals surface area contributed by atoms with E-state index >= 15 is 0 Å². The van der Waals surface area contributed by atoms with Gasteiger partial charge in [0.25, 0.3) is 0 Å². The van der Waals surface area contributed by atoms with E-state index in [0.29, 0.717) is 16.4 Å². The Labute approximate surface area is 189 Å². The Morgan fingerprint density at radius 3 is 2.74 bits per heavy atom. The van der Waals surface area contributed by atoms with Crippen LogP contribution in [0.1, 0.15) is 17.4 Å². The van der Waals surface area contributed by atoms with Gasteiger partial charge in [0.05, 0.1) is 34.8 Å². The number of halogens is 3. The number of sulfone groups is 1. The number of nitrogens with two attached hydrogens (primary N) is 1. The highest BCUT2D eigenvalue weighted by Gasteiger charge is 2.20. The minimum Gasteiger partial charge on any atom is -0.322 e. The van der Waals surface area contributed by atoms with Crippen LogP contribution in [0.25, 0.3) is 16.6 Å². The Kier molecular flexibility index (Phi) is 6.61. The van der Waals surface area contributed by atoms with Gasteiger partial charge in [0, 0.05) is 29.3 Å². The lowest BCUT2D eigenvalue weighted by atomic mass is 10.1. The Hall–Kier alpha value is -2.59. The second-order valence-corrected chi connectivity index (χ2v) is 9.23. The van der Waals surface area contributed by atoms with Crippen LogP contribution in [0, 0.1) is 5.82 Å². The number of hydrogen-bond acceptors (Lipinski definition) is 6.